The topological polar surface area (TPSA) is 76.4 Å². The van der Waals surface area contributed by atoms with E-state index < -0.39 is 5.97 Å². The average molecular weight is 379 g/mol. The van der Waals surface area contributed by atoms with E-state index in [1.807, 2.05) is 56.3 Å². The van der Waals surface area contributed by atoms with Crippen LogP contribution in [0, 0.1) is 13.8 Å². The van der Waals surface area contributed by atoms with Crippen molar-refractivity contribution in [3.05, 3.63) is 82.4 Å². The first-order valence-electron chi connectivity index (χ1n) is 9.16. The third-order valence-corrected chi connectivity index (χ3v) is 4.93. The first-order chi connectivity index (χ1) is 13.5. The largest absolute Gasteiger partial charge is 0.497 e. The van der Waals surface area contributed by atoms with Gasteiger partial charge in [0, 0.05) is 42.8 Å². The van der Waals surface area contributed by atoms with Crippen LogP contribution in [0.3, 0.4) is 0 Å². The second-order valence-electron chi connectivity index (χ2n) is 6.69. The highest BCUT2D eigenvalue weighted by Crippen LogP contribution is 2.25. The molecule has 0 saturated heterocycles. The number of carboxylic acid groups (broad SMARTS) is 1. The minimum absolute atomic E-state index is 0.369. The predicted molar refractivity (Wildman–Crippen MR) is 108 cm³/mol. The lowest BCUT2D eigenvalue weighted by Crippen LogP contribution is -2.16. The third-order valence-electron chi connectivity index (χ3n) is 4.93. The monoisotopic (exact) mass is 379 g/mol. The molecule has 1 aromatic carbocycles. The van der Waals surface area contributed by atoms with Gasteiger partial charge in [-0.1, -0.05) is 18.2 Å². The van der Waals surface area contributed by atoms with Crippen molar-refractivity contribution in [1.82, 2.24) is 14.9 Å². The predicted octanol–water partition coefficient (Wildman–Crippen LogP) is 3.54. The van der Waals surface area contributed by atoms with Gasteiger partial charge in [-0.3, -0.25) is 4.98 Å². The molecule has 146 valence electrons. The maximum absolute atomic E-state index is 11.9. The zero-order chi connectivity index (χ0) is 20.1. The Morgan fingerprint density at radius 1 is 1.14 bits per heavy atom. The first kappa shape index (κ1) is 19.6. The summed E-state index contributed by atoms with van der Waals surface area (Å²) in [6, 6.07) is 13.6. The Bertz CT molecular complexity index is 965. The highest BCUT2D eigenvalue weighted by molar-refractivity contribution is 5.91. The molecule has 6 nitrogen and oxygen atoms in total. The van der Waals surface area contributed by atoms with Gasteiger partial charge in [-0.2, -0.15) is 0 Å². The number of aromatic nitrogens is 2. The highest BCUT2D eigenvalue weighted by Gasteiger charge is 2.22. The molecule has 2 heterocycles. The van der Waals surface area contributed by atoms with Crippen LogP contribution in [0.2, 0.25) is 0 Å². The van der Waals surface area contributed by atoms with E-state index in [-0.39, 0.29) is 0 Å². The van der Waals surface area contributed by atoms with Crippen LogP contribution in [0.5, 0.6) is 5.75 Å². The van der Waals surface area contributed by atoms with Gasteiger partial charge >= 0.3 is 5.97 Å². The summed E-state index contributed by atoms with van der Waals surface area (Å²) in [5, 5.41) is 13.1. The second-order valence-corrected chi connectivity index (χ2v) is 6.69. The van der Waals surface area contributed by atoms with Crippen molar-refractivity contribution in [3.8, 4) is 5.75 Å². The Morgan fingerprint density at radius 2 is 1.96 bits per heavy atom. The van der Waals surface area contributed by atoms with Crippen LogP contribution >= 0.6 is 0 Å². The lowest BCUT2D eigenvalue weighted by molar-refractivity contribution is 0.0694. The van der Waals surface area contributed by atoms with Gasteiger partial charge in [0.25, 0.3) is 0 Å². The standard InChI is InChI=1S/C22H25N3O3/c1-15-20(13-23-12-18-8-4-5-10-24-18)21(22(26)27)16(2)25(15)14-17-7-6-9-19(11-17)28-3/h4-11,23H,12-14H2,1-3H3,(H,26,27). The van der Waals surface area contributed by atoms with E-state index >= 15 is 0 Å². The van der Waals surface area contributed by atoms with Crippen LogP contribution in [0.4, 0.5) is 0 Å². The van der Waals surface area contributed by atoms with E-state index in [1.54, 1.807) is 13.3 Å². The molecule has 0 aliphatic rings. The lowest BCUT2D eigenvalue weighted by atomic mass is 10.1. The third kappa shape index (κ3) is 4.23. The summed E-state index contributed by atoms with van der Waals surface area (Å²) in [4.78, 5) is 16.2. The molecule has 0 unspecified atom stereocenters. The van der Waals surface area contributed by atoms with E-state index in [0.717, 1.165) is 34.0 Å². The quantitative estimate of drug-likeness (QED) is 0.626. The number of hydrogen-bond acceptors (Lipinski definition) is 4. The fourth-order valence-electron chi connectivity index (χ4n) is 3.46. The molecule has 2 N–H and O–H groups in total. The van der Waals surface area contributed by atoms with Gasteiger partial charge in [-0.15, -0.1) is 0 Å². The van der Waals surface area contributed by atoms with Crippen LogP contribution in [0.15, 0.2) is 48.7 Å². The lowest BCUT2D eigenvalue weighted by Gasteiger charge is -2.11. The van der Waals surface area contributed by atoms with Crippen LogP contribution in [-0.2, 0) is 19.6 Å². The summed E-state index contributed by atoms with van der Waals surface area (Å²) in [5.74, 6) is -0.115. The number of aromatic carboxylic acids is 1. The summed E-state index contributed by atoms with van der Waals surface area (Å²) in [6.45, 7) is 5.47. The average Bonchev–Trinajstić information content (AvgIpc) is 2.93. The Kier molecular flexibility index (Phi) is 6.11. The molecule has 0 bridgehead atoms. The van der Waals surface area contributed by atoms with Crippen molar-refractivity contribution < 1.29 is 14.6 Å². The molecule has 0 saturated carbocycles. The second kappa shape index (κ2) is 8.71. The SMILES string of the molecule is COc1cccc(Cn2c(C)c(CNCc3ccccn3)c(C(=O)O)c2C)c1. The molecule has 0 aliphatic heterocycles. The van der Waals surface area contributed by atoms with E-state index in [9.17, 15) is 9.90 Å². The normalized spacial score (nSPS) is 10.8. The van der Waals surface area contributed by atoms with Crippen LogP contribution in [-0.4, -0.2) is 27.7 Å². The number of pyridine rings is 1. The minimum Gasteiger partial charge on any atom is -0.497 e. The molecular formula is C22H25N3O3. The number of carboxylic acids is 1. The maximum atomic E-state index is 11.9. The van der Waals surface area contributed by atoms with Crippen molar-refractivity contribution in [1.29, 1.82) is 0 Å². The van der Waals surface area contributed by atoms with Gasteiger partial charge in [0.1, 0.15) is 5.75 Å². The molecule has 0 aliphatic carbocycles. The van der Waals surface area contributed by atoms with Gasteiger partial charge in [-0.25, -0.2) is 4.79 Å². The Labute approximate surface area is 164 Å². The number of methoxy groups -OCH3 is 1. The summed E-state index contributed by atoms with van der Waals surface area (Å²) in [6.07, 6.45) is 1.75. The van der Waals surface area contributed by atoms with Gasteiger partial charge in [0.2, 0.25) is 0 Å². The van der Waals surface area contributed by atoms with E-state index in [0.29, 0.717) is 25.2 Å². The van der Waals surface area contributed by atoms with E-state index in [4.69, 9.17) is 4.74 Å². The first-order valence-corrected chi connectivity index (χ1v) is 9.16. The fourth-order valence-corrected chi connectivity index (χ4v) is 3.46. The van der Waals surface area contributed by atoms with Crippen LogP contribution < -0.4 is 10.1 Å². The van der Waals surface area contributed by atoms with Crippen molar-refractivity contribution in [2.75, 3.05) is 7.11 Å². The number of nitrogens with zero attached hydrogens (tertiary/aromatic N) is 2. The zero-order valence-electron chi connectivity index (χ0n) is 16.4. The molecule has 2 aromatic heterocycles. The fraction of sp³-hybridized carbons (Fsp3) is 0.273. The Morgan fingerprint density at radius 3 is 2.64 bits per heavy atom. The summed E-state index contributed by atoms with van der Waals surface area (Å²) < 4.78 is 7.35. The van der Waals surface area contributed by atoms with Crippen LogP contribution in [0.25, 0.3) is 0 Å². The maximum Gasteiger partial charge on any atom is 0.337 e. The van der Waals surface area contributed by atoms with Gasteiger partial charge in [-0.05, 0) is 43.7 Å². The van der Waals surface area contributed by atoms with Crippen molar-refractivity contribution in [2.45, 2.75) is 33.5 Å². The smallest absolute Gasteiger partial charge is 0.337 e. The molecule has 0 atom stereocenters. The molecule has 0 radical (unpaired) electrons. The molecule has 28 heavy (non-hydrogen) atoms. The van der Waals surface area contributed by atoms with Gasteiger partial charge < -0.3 is 19.7 Å². The number of nitrogens with one attached hydrogen (secondary N) is 1. The van der Waals surface area contributed by atoms with E-state index in [2.05, 4.69) is 14.9 Å². The number of ether oxygens (including phenoxy) is 1. The van der Waals surface area contributed by atoms with Gasteiger partial charge in [0.15, 0.2) is 0 Å². The van der Waals surface area contributed by atoms with Crippen molar-refractivity contribution in [3.63, 3.8) is 0 Å². The number of carbonyl (C=O) groups is 1. The Balaban J connectivity index is 1.85. The molecule has 0 spiro atoms. The van der Waals surface area contributed by atoms with Crippen molar-refractivity contribution >= 4 is 5.97 Å². The highest BCUT2D eigenvalue weighted by atomic mass is 16.5. The zero-order valence-corrected chi connectivity index (χ0v) is 16.4. The molecule has 3 rings (SSSR count). The molecule has 6 heteroatoms. The number of benzene rings is 1. The number of rotatable bonds is 8. The molecule has 0 fully saturated rings. The van der Waals surface area contributed by atoms with Crippen LogP contribution in [0.1, 0.15) is 38.6 Å². The summed E-state index contributed by atoms with van der Waals surface area (Å²) >= 11 is 0. The summed E-state index contributed by atoms with van der Waals surface area (Å²) in [5.41, 5.74) is 4.86. The Hall–Kier alpha value is -3.12. The van der Waals surface area contributed by atoms with Crippen molar-refractivity contribution in [2.24, 2.45) is 0 Å². The summed E-state index contributed by atoms with van der Waals surface area (Å²) in [7, 11) is 1.64. The number of hydrogen-bond donors (Lipinski definition) is 2. The van der Waals surface area contributed by atoms with E-state index in [1.165, 1.54) is 0 Å². The molecule has 0 amide bonds. The minimum atomic E-state index is -0.903. The molecular weight excluding hydrogens is 354 g/mol. The van der Waals surface area contributed by atoms with Gasteiger partial charge in [0.05, 0.1) is 18.4 Å². The molecule has 3 aromatic rings.